The molecular formula is C26H24FN4O6S+. The van der Waals surface area contributed by atoms with Gasteiger partial charge in [0, 0.05) is 48.3 Å². The number of carbonyl (C=O) groups is 4. The van der Waals surface area contributed by atoms with Crippen LogP contribution in [-0.4, -0.2) is 61.4 Å². The first kappa shape index (κ1) is 25.5. The monoisotopic (exact) mass is 539 g/mol. The Morgan fingerprint density at radius 3 is 2.66 bits per heavy atom. The predicted molar refractivity (Wildman–Crippen MR) is 134 cm³/mol. The largest absolute Gasteiger partial charge is 0.505 e. The molecule has 196 valence electrons. The SMILES string of the molecule is O=C(C[n+]1ccc(CN2CCC(=CC3=C(C(=O)O)N4C(=O)CC4SC3)C2=O)cc1)Nc1ccc(O)c(F)c1. The Labute approximate surface area is 221 Å². The number of phenols is 1. The number of carboxylic acids is 1. The van der Waals surface area contributed by atoms with E-state index in [2.05, 4.69) is 5.32 Å². The molecule has 10 nitrogen and oxygen atoms in total. The van der Waals surface area contributed by atoms with Gasteiger partial charge in [-0.05, 0) is 35.8 Å². The number of halogens is 1. The van der Waals surface area contributed by atoms with Crippen LogP contribution >= 0.6 is 11.8 Å². The number of hydrogen-bond donors (Lipinski definition) is 3. The number of nitrogens with zero attached hydrogens (tertiary/aromatic N) is 3. The molecule has 3 amide bonds. The molecule has 3 aliphatic rings. The highest BCUT2D eigenvalue weighted by Gasteiger charge is 2.45. The van der Waals surface area contributed by atoms with Gasteiger partial charge in [-0.25, -0.2) is 9.18 Å². The first-order valence-corrected chi connectivity index (χ1v) is 12.9. The fourth-order valence-electron chi connectivity index (χ4n) is 4.58. The Hall–Kier alpha value is -4.19. The zero-order valence-corrected chi connectivity index (χ0v) is 20.9. The molecule has 0 saturated carbocycles. The number of rotatable bonds is 7. The van der Waals surface area contributed by atoms with E-state index in [9.17, 15) is 33.8 Å². The number of nitrogens with one attached hydrogen (secondary N) is 1. The van der Waals surface area contributed by atoms with Crippen molar-refractivity contribution in [1.29, 1.82) is 0 Å². The van der Waals surface area contributed by atoms with Crippen LogP contribution in [0.4, 0.5) is 10.1 Å². The second kappa shape index (κ2) is 10.3. The molecule has 1 unspecified atom stereocenters. The fraction of sp³-hybridized carbons (Fsp3) is 0.269. The number of fused-ring (bicyclic) bond motifs is 1. The lowest BCUT2D eigenvalue weighted by Gasteiger charge is -2.43. The average molecular weight is 540 g/mol. The molecule has 2 fully saturated rings. The number of aliphatic carboxylic acids is 1. The minimum atomic E-state index is -1.17. The van der Waals surface area contributed by atoms with E-state index in [1.54, 1.807) is 40.1 Å². The summed E-state index contributed by atoms with van der Waals surface area (Å²) in [5.74, 6) is -2.84. The van der Waals surface area contributed by atoms with Crippen molar-refractivity contribution in [3.63, 3.8) is 0 Å². The zero-order chi connectivity index (χ0) is 27.0. The number of pyridine rings is 1. The average Bonchev–Trinajstić information content (AvgIpc) is 3.21. The Morgan fingerprint density at radius 2 is 1.97 bits per heavy atom. The minimum Gasteiger partial charge on any atom is -0.505 e. The zero-order valence-electron chi connectivity index (χ0n) is 20.1. The number of likely N-dealkylation sites (tertiary alicyclic amines) is 1. The van der Waals surface area contributed by atoms with Gasteiger partial charge >= 0.3 is 5.97 Å². The Kier molecular flexibility index (Phi) is 6.89. The van der Waals surface area contributed by atoms with E-state index < -0.39 is 17.5 Å². The lowest BCUT2D eigenvalue weighted by Crippen LogP contribution is -2.53. The van der Waals surface area contributed by atoms with Crippen molar-refractivity contribution in [3.8, 4) is 5.75 Å². The van der Waals surface area contributed by atoms with Crippen LogP contribution < -0.4 is 9.88 Å². The van der Waals surface area contributed by atoms with Gasteiger partial charge in [0.1, 0.15) is 5.70 Å². The highest BCUT2D eigenvalue weighted by molar-refractivity contribution is 8.00. The van der Waals surface area contributed by atoms with Gasteiger partial charge in [0.2, 0.25) is 18.4 Å². The maximum absolute atomic E-state index is 13.5. The topological polar surface area (TPSA) is 131 Å². The molecule has 2 saturated heterocycles. The highest BCUT2D eigenvalue weighted by Crippen LogP contribution is 2.40. The van der Waals surface area contributed by atoms with Crippen LogP contribution in [-0.2, 0) is 32.3 Å². The standard InChI is InChI=1S/C26H23FN4O6S/c27-19-10-18(1-2-20(19)32)28-21(33)13-29-6-3-15(4-7-29)12-30-8-5-16(25(30)35)9-17-14-38-23-11-22(34)31(23)24(17)26(36)37/h1-4,6-7,9-10,23H,5,8,11-14H2,(H2-,28,32,33,36,37)/p+1. The first-order valence-electron chi connectivity index (χ1n) is 11.9. The van der Waals surface area contributed by atoms with Crippen molar-refractivity contribution in [2.75, 3.05) is 17.6 Å². The maximum Gasteiger partial charge on any atom is 0.352 e. The van der Waals surface area contributed by atoms with Crippen LogP contribution in [0.15, 0.2) is 65.6 Å². The number of aromatic nitrogens is 1. The summed E-state index contributed by atoms with van der Waals surface area (Å²) in [7, 11) is 0. The van der Waals surface area contributed by atoms with Gasteiger partial charge in [0.05, 0.1) is 11.8 Å². The van der Waals surface area contributed by atoms with Gasteiger partial charge in [-0.15, -0.1) is 11.8 Å². The molecule has 0 radical (unpaired) electrons. The minimum absolute atomic E-state index is 0.0162. The van der Waals surface area contributed by atoms with Gasteiger partial charge in [-0.3, -0.25) is 19.3 Å². The van der Waals surface area contributed by atoms with E-state index in [1.165, 1.54) is 22.7 Å². The molecule has 12 heteroatoms. The number of benzene rings is 1. The summed E-state index contributed by atoms with van der Waals surface area (Å²) in [6, 6.07) is 7.17. The fourth-order valence-corrected chi connectivity index (χ4v) is 5.81. The van der Waals surface area contributed by atoms with Gasteiger partial charge in [0.25, 0.3) is 5.91 Å². The van der Waals surface area contributed by atoms with E-state index in [0.29, 0.717) is 42.8 Å². The van der Waals surface area contributed by atoms with Crippen LogP contribution in [0.5, 0.6) is 5.75 Å². The Balaban J connectivity index is 1.20. The number of carboxylic acid groups (broad SMARTS) is 1. The molecule has 3 aliphatic heterocycles. The van der Waals surface area contributed by atoms with E-state index in [-0.39, 0.29) is 41.0 Å². The van der Waals surface area contributed by atoms with Crippen molar-refractivity contribution in [1.82, 2.24) is 9.80 Å². The lowest BCUT2D eigenvalue weighted by molar-refractivity contribution is -0.684. The molecular weight excluding hydrogens is 515 g/mol. The van der Waals surface area contributed by atoms with Crippen molar-refractivity contribution >= 4 is 41.1 Å². The number of phenolic OH excluding ortho intramolecular Hbond substituents is 1. The lowest BCUT2D eigenvalue weighted by atomic mass is 10.0. The van der Waals surface area contributed by atoms with Crippen LogP contribution in [0.1, 0.15) is 18.4 Å². The van der Waals surface area contributed by atoms with Gasteiger partial charge in [0.15, 0.2) is 24.0 Å². The second-order valence-electron chi connectivity index (χ2n) is 9.15. The smallest absolute Gasteiger partial charge is 0.352 e. The Morgan fingerprint density at radius 1 is 1.21 bits per heavy atom. The molecule has 38 heavy (non-hydrogen) atoms. The van der Waals surface area contributed by atoms with E-state index >= 15 is 0 Å². The van der Waals surface area contributed by atoms with E-state index in [1.807, 2.05) is 0 Å². The molecule has 5 rings (SSSR count). The molecule has 0 spiro atoms. The third-order valence-electron chi connectivity index (χ3n) is 6.54. The molecule has 1 atom stereocenters. The summed E-state index contributed by atoms with van der Waals surface area (Å²) >= 11 is 1.50. The molecule has 1 aromatic heterocycles. The van der Waals surface area contributed by atoms with Crippen LogP contribution in [0, 0.1) is 5.82 Å². The number of anilines is 1. The molecule has 2 aromatic rings. The molecule has 0 bridgehead atoms. The number of thioether (sulfide) groups is 1. The van der Waals surface area contributed by atoms with Crippen molar-refractivity contribution in [2.24, 2.45) is 0 Å². The second-order valence-corrected chi connectivity index (χ2v) is 10.3. The quantitative estimate of drug-likeness (QED) is 0.212. The third kappa shape index (κ3) is 5.12. The first-order chi connectivity index (χ1) is 18.2. The predicted octanol–water partition coefficient (Wildman–Crippen LogP) is 1.76. The number of allylic oxidation sites excluding steroid dienone is 1. The summed E-state index contributed by atoms with van der Waals surface area (Å²) < 4.78 is 15.1. The number of hydrogen-bond acceptors (Lipinski definition) is 6. The maximum atomic E-state index is 13.5. The molecule has 4 heterocycles. The van der Waals surface area contributed by atoms with Gasteiger partial charge in [-0.1, -0.05) is 0 Å². The third-order valence-corrected chi connectivity index (χ3v) is 7.78. The van der Waals surface area contributed by atoms with Crippen LogP contribution in [0.2, 0.25) is 0 Å². The number of carbonyl (C=O) groups excluding carboxylic acids is 3. The molecule has 1 aromatic carbocycles. The summed E-state index contributed by atoms with van der Waals surface area (Å²) in [6.07, 6.45) is 5.83. The van der Waals surface area contributed by atoms with Crippen molar-refractivity contribution in [2.45, 2.75) is 31.3 Å². The summed E-state index contributed by atoms with van der Waals surface area (Å²) in [4.78, 5) is 52.0. The summed E-state index contributed by atoms with van der Waals surface area (Å²) in [5, 5.41) is 21.3. The van der Waals surface area contributed by atoms with Crippen LogP contribution in [0.3, 0.4) is 0 Å². The van der Waals surface area contributed by atoms with E-state index in [4.69, 9.17) is 0 Å². The van der Waals surface area contributed by atoms with Gasteiger partial charge < -0.3 is 20.4 Å². The summed E-state index contributed by atoms with van der Waals surface area (Å²) in [5.41, 5.74) is 2.04. The van der Waals surface area contributed by atoms with Crippen LogP contribution in [0.25, 0.3) is 0 Å². The number of β-lactam (4-membered cyclic amide) rings is 1. The molecule has 0 aliphatic carbocycles. The normalized spacial score (nSPS) is 20.0. The number of amides is 3. The Bertz CT molecular complexity index is 1410. The molecule has 3 N–H and O–H groups in total. The van der Waals surface area contributed by atoms with Crippen molar-refractivity contribution < 1.29 is 38.3 Å². The van der Waals surface area contributed by atoms with E-state index in [0.717, 1.165) is 17.7 Å². The van der Waals surface area contributed by atoms with Gasteiger partial charge in [-0.2, -0.15) is 4.57 Å². The highest BCUT2D eigenvalue weighted by atomic mass is 32.2. The number of aromatic hydroxyl groups is 1. The summed E-state index contributed by atoms with van der Waals surface area (Å²) in [6.45, 7) is 0.819. The van der Waals surface area contributed by atoms with Crippen molar-refractivity contribution in [3.05, 3.63) is 77.0 Å².